The van der Waals surface area contributed by atoms with Gasteiger partial charge < -0.3 is 20.4 Å². The van der Waals surface area contributed by atoms with Gasteiger partial charge in [-0.3, -0.25) is 0 Å². The fourth-order valence-corrected chi connectivity index (χ4v) is 3.30. The molecular formula is C15H20O5. The Balaban J connectivity index is 2.58. The Morgan fingerprint density at radius 3 is 2.40 bits per heavy atom. The van der Waals surface area contributed by atoms with E-state index in [0.29, 0.717) is 5.57 Å². The maximum absolute atomic E-state index is 11.2. The van der Waals surface area contributed by atoms with Crippen LogP contribution in [-0.4, -0.2) is 44.7 Å². The SMILES string of the molecule is CC1=CC(O)C2=C(C)CC(O)C(=C(C)C(=O)O)C(O)C12. The molecule has 0 fully saturated rings. The summed E-state index contributed by atoms with van der Waals surface area (Å²) in [7, 11) is 0. The lowest BCUT2D eigenvalue weighted by molar-refractivity contribution is -0.132. The summed E-state index contributed by atoms with van der Waals surface area (Å²) >= 11 is 0. The number of fused-ring (bicyclic) bond motifs is 1. The lowest BCUT2D eigenvalue weighted by atomic mass is 9.85. The molecule has 0 bridgehead atoms. The molecule has 110 valence electrons. The van der Waals surface area contributed by atoms with E-state index in [1.165, 1.54) is 6.92 Å². The Hall–Kier alpha value is -1.43. The first-order valence-corrected chi connectivity index (χ1v) is 6.61. The molecule has 0 saturated carbocycles. The zero-order chi connectivity index (χ0) is 15.2. The zero-order valence-electron chi connectivity index (χ0n) is 11.8. The first kappa shape index (κ1) is 15.0. The molecule has 0 aromatic carbocycles. The Kier molecular flexibility index (Phi) is 3.86. The van der Waals surface area contributed by atoms with Crippen molar-refractivity contribution in [3.8, 4) is 0 Å². The number of hydrogen-bond acceptors (Lipinski definition) is 4. The van der Waals surface area contributed by atoms with Crippen molar-refractivity contribution in [1.82, 2.24) is 0 Å². The van der Waals surface area contributed by atoms with E-state index < -0.39 is 30.2 Å². The van der Waals surface area contributed by atoms with Crippen LogP contribution in [0.25, 0.3) is 0 Å². The number of aliphatic hydroxyl groups excluding tert-OH is 3. The minimum atomic E-state index is -1.15. The Morgan fingerprint density at radius 2 is 1.85 bits per heavy atom. The molecular weight excluding hydrogens is 260 g/mol. The van der Waals surface area contributed by atoms with E-state index in [1.807, 2.05) is 0 Å². The van der Waals surface area contributed by atoms with Crippen molar-refractivity contribution in [3.05, 3.63) is 33.9 Å². The summed E-state index contributed by atoms with van der Waals surface area (Å²) < 4.78 is 0. The average Bonchev–Trinajstić information content (AvgIpc) is 2.58. The summed E-state index contributed by atoms with van der Waals surface area (Å²) in [6.07, 6.45) is -1.05. The van der Waals surface area contributed by atoms with Gasteiger partial charge in [-0.2, -0.15) is 0 Å². The minimum Gasteiger partial charge on any atom is -0.478 e. The molecule has 4 N–H and O–H groups in total. The molecule has 0 aliphatic heterocycles. The summed E-state index contributed by atoms with van der Waals surface area (Å²) in [5.74, 6) is -1.61. The number of carbonyl (C=O) groups is 1. The van der Waals surface area contributed by atoms with Crippen molar-refractivity contribution in [2.45, 2.75) is 45.5 Å². The average molecular weight is 280 g/mol. The molecule has 2 aliphatic rings. The summed E-state index contributed by atoms with van der Waals surface area (Å²) in [5, 5.41) is 40.0. The molecule has 0 aromatic heterocycles. The third kappa shape index (κ3) is 2.22. The van der Waals surface area contributed by atoms with Crippen LogP contribution in [-0.2, 0) is 4.79 Å². The van der Waals surface area contributed by atoms with Crippen LogP contribution in [0.2, 0.25) is 0 Å². The monoisotopic (exact) mass is 280 g/mol. The van der Waals surface area contributed by atoms with Gasteiger partial charge in [0.05, 0.1) is 18.3 Å². The van der Waals surface area contributed by atoms with Gasteiger partial charge in [0.1, 0.15) is 0 Å². The molecule has 0 spiro atoms. The molecule has 0 saturated heterocycles. The van der Waals surface area contributed by atoms with Gasteiger partial charge in [-0.1, -0.05) is 17.2 Å². The smallest absolute Gasteiger partial charge is 0.331 e. The fraction of sp³-hybridized carbons (Fsp3) is 0.533. The predicted octanol–water partition coefficient (Wildman–Crippen LogP) is 0.766. The minimum absolute atomic E-state index is 0.0340. The van der Waals surface area contributed by atoms with Crippen LogP contribution in [0.4, 0.5) is 0 Å². The van der Waals surface area contributed by atoms with Crippen molar-refractivity contribution in [2.75, 3.05) is 0 Å². The second-order valence-corrected chi connectivity index (χ2v) is 5.62. The number of rotatable bonds is 1. The Labute approximate surface area is 117 Å². The van der Waals surface area contributed by atoms with Crippen molar-refractivity contribution in [1.29, 1.82) is 0 Å². The first-order chi connectivity index (χ1) is 9.25. The standard InChI is InChI=1S/C15H20O5/c1-6-4-10(17)13(8(3)15(19)20)14(18)12-7(2)5-9(16)11(6)12/h5,9-10,12,14,16-18H,4H2,1-3H3,(H,19,20). The summed E-state index contributed by atoms with van der Waals surface area (Å²) in [6, 6.07) is 0. The van der Waals surface area contributed by atoms with E-state index in [1.54, 1.807) is 19.9 Å². The number of aliphatic carboxylic acids is 1. The highest BCUT2D eigenvalue weighted by molar-refractivity contribution is 5.87. The van der Waals surface area contributed by atoms with Gasteiger partial charge in [0.25, 0.3) is 0 Å². The molecule has 0 heterocycles. The molecule has 0 aromatic rings. The zero-order valence-corrected chi connectivity index (χ0v) is 11.8. The highest BCUT2D eigenvalue weighted by Crippen LogP contribution is 2.43. The summed E-state index contributed by atoms with van der Waals surface area (Å²) in [4.78, 5) is 11.2. The molecule has 0 amide bonds. The lowest BCUT2D eigenvalue weighted by Crippen LogP contribution is -2.30. The van der Waals surface area contributed by atoms with Crippen molar-refractivity contribution in [3.63, 3.8) is 0 Å². The number of hydrogen-bond donors (Lipinski definition) is 4. The van der Waals surface area contributed by atoms with Gasteiger partial charge in [0, 0.05) is 11.5 Å². The quantitative estimate of drug-likeness (QED) is 0.420. The topological polar surface area (TPSA) is 98.0 Å². The maximum Gasteiger partial charge on any atom is 0.331 e. The molecule has 0 radical (unpaired) electrons. The molecule has 5 nitrogen and oxygen atoms in total. The van der Waals surface area contributed by atoms with Crippen LogP contribution >= 0.6 is 0 Å². The van der Waals surface area contributed by atoms with Gasteiger partial charge in [0.15, 0.2) is 0 Å². The molecule has 4 unspecified atom stereocenters. The van der Waals surface area contributed by atoms with Crippen LogP contribution < -0.4 is 0 Å². The van der Waals surface area contributed by atoms with Crippen molar-refractivity contribution < 1.29 is 25.2 Å². The van der Waals surface area contributed by atoms with Crippen LogP contribution in [0.3, 0.4) is 0 Å². The van der Waals surface area contributed by atoms with Gasteiger partial charge in [-0.05, 0) is 38.3 Å². The van der Waals surface area contributed by atoms with E-state index in [4.69, 9.17) is 5.11 Å². The van der Waals surface area contributed by atoms with Crippen LogP contribution in [0.5, 0.6) is 0 Å². The molecule has 4 atom stereocenters. The van der Waals surface area contributed by atoms with Gasteiger partial charge in [-0.15, -0.1) is 0 Å². The Bertz CT molecular complexity index is 540. The Morgan fingerprint density at radius 1 is 1.25 bits per heavy atom. The second kappa shape index (κ2) is 5.16. The number of aliphatic hydroxyl groups is 3. The van der Waals surface area contributed by atoms with Crippen molar-refractivity contribution >= 4 is 5.97 Å². The fourth-order valence-electron chi connectivity index (χ4n) is 3.30. The van der Waals surface area contributed by atoms with E-state index in [9.17, 15) is 20.1 Å². The van der Waals surface area contributed by atoms with Gasteiger partial charge >= 0.3 is 5.97 Å². The molecule has 20 heavy (non-hydrogen) atoms. The van der Waals surface area contributed by atoms with E-state index >= 15 is 0 Å². The normalized spacial score (nSPS) is 36.4. The summed E-state index contributed by atoms with van der Waals surface area (Å²) in [6.45, 7) is 4.98. The third-order valence-corrected chi connectivity index (χ3v) is 4.30. The molecule has 2 rings (SSSR count). The first-order valence-electron chi connectivity index (χ1n) is 6.61. The van der Waals surface area contributed by atoms with Crippen LogP contribution in [0.1, 0.15) is 27.2 Å². The molecule has 5 heteroatoms. The van der Waals surface area contributed by atoms with E-state index in [-0.39, 0.29) is 17.6 Å². The summed E-state index contributed by atoms with van der Waals surface area (Å²) in [5.41, 5.74) is 2.38. The van der Waals surface area contributed by atoms with Crippen LogP contribution in [0.15, 0.2) is 33.9 Å². The predicted molar refractivity (Wildman–Crippen MR) is 72.9 cm³/mol. The molecule has 2 aliphatic carbocycles. The lowest BCUT2D eigenvalue weighted by Gasteiger charge is -2.25. The second-order valence-electron chi connectivity index (χ2n) is 5.62. The van der Waals surface area contributed by atoms with E-state index in [2.05, 4.69) is 0 Å². The van der Waals surface area contributed by atoms with Gasteiger partial charge in [-0.25, -0.2) is 4.79 Å². The number of carboxylic acid groups (broad SMARTS) is 1. The number of carboxylic acids is 1. The van der Waals surface area contributed by atoms with Crippen LogP contribution in [0, 0.1) is 5.92 Å². The van der Waals surface area contributed by atoms with Gasteiger partial charge in [0.2, 0.25) is 0 Å². The van der Waals surface area contributed by atoms with Crippen molar-refractivity contribution in [2.24, 2.45) is 5.92 Å². The largest absolute Gasteiger partial charge is 0.478 e. The maximum atomic E-state index is 11.2. The third-order valence-electron chi connectivity index (χ3n) is 4.30. The highest BCUT2D eigenvalue weighted by Gasteiger charge is 2.41. The van der Waals surface area contributed by atoms with E-state index in [0.717, 1.165) is 11.1 Å². The highest BCUT2D eigenvalue weighted by atomic mass is 16.4.